The van der Waals surface area contributed by atoms with Gasteiger partial charge in [-0.2, -0.15) is 5.10 Å². The first kappa shape index (κ1) is 16.4. The van der Waals surface area contributed by atoms with E-state index in [-0.39, 0.29) is 0 Å². The van der Waals surface area contributed by atoms with Crippen LogP contribution in [0.15, 0.2) is 83.3 Å². The molecule has 0 N–H and O–H groups in total. The Hall–Kier alpha value is -3.05. The van der Waals surface area contributed by atoms with E-state index < -0.39 is 0 Å². The summed E-state index contributed by atoms with van der Waals surface area (Å²) in [5, 5.41) is 8.79. The summed E-state index contributed by atoms with van der Waals surface area (Å²) in [6, 6.07) is 20.7. The first-order valence-corrected chi connectivity index (χ1v) is 9.22. The number of benzene rings is 2. The molecule has 0 atom stereocenters. The van der Waals surface area contributed by atoms with Crippen LogP contribution in [0.1, 0.15) is 16.7 Å². The molecule has 2 heterocycles. The number of fused-ring (bicyclic) bond motifs is 1. The number of hydrogen-bond donors (Lipinski definition) is 0. The Morgan fingerprint density at radius 3 is 2.65 bits per heavy atom. The molecule has 0 saturated heterocycles. The van der Waals surface area contributed by atoms with Gasteiger partial charge in [0.1, 0.15) is 0 Å². The molecule has 0 bridgehead atoms. The summed E-state index contributed by atoms with van der Waals surface area (Å²) < 4.78 is 3.44. The Kier molecular flexibility index (Phi) is 4.71. The third kappa shape index (κ3) is 3.63. The van der Waals surface area contributed by atoms with Crippen molar-refractivity contribution >= 4 is 27.8 Å². The van der Waals surface area contributed by atoms with Gasteiger partial charge in [-0.05, 0) is 47.9 Å². The van der Waals surface area contributed by atoms with Crippen LogP contribution in [0.4, 0.5) is 0 Å². The molecular formula is C21H18N4S. The second-order valence-corrected chi connectivity index (χ2v) is 7.06. The van der Waals surface area contributed by atoms with Crippen LogP contribution in [0.25, 0.3) is 10.2 Å². The zero-order valence-electron chi connectivity index (χ0n) is 14.4. The molecular weight excluding hydrogens is 340 g/mol. The second-order valence-electron chi connectivity index (χ2n) is 6.05. The second kappa shape index (κ2) is 7.45. The molecule has 0 amide bonds. The lowest BCUT2D eigenvalue weighted by Crippen LogP contribution is -2.15. The minimum Gasteiger partial charge on any atom is -0.311 e. The van der Waals surface area contributed by atoms with Crippen molar-refractivity contribution in [2.45, 2.75) is 13.5 Å². The predicted molar refractivity (Wildman–Crippen MR) is 107 cm³/mol. The molecule has 0 saturated carbocycles. The van der Waals surface area contributed by atoms with Crippen molar-refractivity contribution in [2.24, 2.45) is 10.2 Å². The molecule has 0 aliphatic carbocycles. The van der Waals surface area contributed by atoms with E-state index in [1.807, 2.05) is 18.2 Å². The largest absolute Gasteiger partial charge is 0.311 e. The lowest BCUT2D eigenvalue weighted by atomic mass is 10.2. The zero-order valence-corrected chi connectivity index (χ0v) is 15.2. The van der Waals surface area contributed by atoms with Gasteiger partial charge in [-0.1, -0.05) is 47.7 Å². The SMILES string of the molecule is Cc1ccc2c(c1)sc(=NN=Cc1ccncc1)n2Cc1ccccc1. The van der Waals surface area contributed by atoms with Gasteiger partial charge in [-0.25, -0.2) is 0 Å². The van der Waals surface area contributed by atoms with Gasteiger partial charge in [0.05, 0.1) is 23.0 Å². The van der Waals surface area contributed by atoms with Gasteiger partial charge in [0, 0.05) is 12.4 Å². The minimum atomic E-state index is 0.771. The summed E-state index contributed by atoms with van der Waals surface area (Å²) in [5.41, 5.74) is 4.66. The molecule has 4 rings (SSSR count). The number of aryl methyl sites for hydroxylation is 1. The van der Waals surface area contributed by atoms with Gasteiger partial charge in [-0.15, -0.1) is 5.10 Å². The minimum absolute atomic E-state index is 0.771. The van der Waals surface area contributed by atoms with Crippen molar-refractivity contribution in [2.75, 3.05) is 0 Å². The van der Waals surface area contributed by atoms with Crippen LogP contribution in [0.5, 0.6) is 0 Å². The highest BCUT2D eigenvalue weighted by atomic mass is 32.1. The molecule has 0 aliphatic heterocycles. The van der Waals surface area contributed by atoms with Crippen LogP contribution >= 0.6 is 11.3 Å². The van der Waals surface area contributed by atoms with Crippen molar-refractivity contribution in [3.63, 3.8) is 0 Å². The van der Waals surface area contributed by atoms with Crippen molar-refractivity contribution in [3.05, 3.63) is 94.5 Å². The summed E-state index contributed by atoms with van der Waals surface area (Å²) in [4.78, 5) is 4.90. The highest BCUT2D eigenvalue weighted by Gasteiger charge is 2.07. The van der Waals surface area contributed by atoms with E-state index in [0.717, 1.165) is 16.9 Å². The standard InChI is InChI=1S/C21H18N4S/c1-16-7-8-19-20(13-16)26-21(24-23-14-17-9-11-22-12-10-17)25(19)15-18-5-3-2-4-6-18/h2-14H,15H2,1H3. The molecule has 4 nitrogen and oxygen atoms in total. The molecule has 0 spiro atoms. The van der Waals surface area contributed by atoms with Crippen LogP contribution in [-0.2, 0) is 6.54 Å². The maximum absolute atomic E-state index is 4.50. The molecule has 0 radical (unpaired) electrons. The zero-order chi connectivity index (χ0) is 17.8. The Bertz CT molecular complexity index is 1110. The fraction of sp³-hybridized carbons (Fsp3) is 0.0952. The number of pyridine rings is 1. The van der Waals surface area contributed by atoms with Gasteiger partial charge in [0.25, 0.3) is 0 Å². The molecule has 128 valence electrons. The highest BCUT2D eigenvalue weighted by molar-refractivity contribution is 7.16. The molecule has 5 heteroatoms. The smallest absolute Gasteiger partial charge is 0.211 e. The van der Waals surface area contributed by atoms with Gasteiger partial charge in [-0.3, -0.25) is 4.98 Å². The van der Waals surface area contributed by atoms with E-state index in [1.54, 1.807) is 29.9 Å². The quantitative estimate of drug-likeness (QED) is 0.394. The Morgan fingerprint density at radius 1 is 1.04 bits per heavy atom. The number of aromatic nitrogens is 2. The van der Waals surface area contributed by atoms with Gasteiger partial charge in [0.15, 0.2) is 0 Å². The highest BCUT2D eigenvalue weighted by Crippen LogP contribution is 2.20. The van der Waals surface area contributed by atoms with Crippen molar-refractivity contribution < 1.29 is 0 Å². The normalized spacial score (nSPS) is 12.3. The summed E-state index contributed by atoms with van der Waals surface area (Å²) in [7, 11) is 0. The van der Waals surface area contributed by atoms with Crippen molar-refractivity contribution in [1.82, 2.24) is 9.55 Å². The first-order chi connectivity index (χ1) is 12.8. The fourth-order valence-corrected chi connectivity index (χ4v) is 3.86. The molecule has 0 aliphatic rings. The average Bonchev–Trinajstić information content (AvgIpc) is 3.00. The number of nitrogens with zero attached hydrogens (tertiary/aromatic N) is 4. The van der Waals surface area contributed by atoms with Crippen LogP contribution in [-0.4, -0.2) is 15.8 Å². The third-order valence-electron chi connectivity index (χ3n) is 4.08. The maximum atomic E-state index is 4.50. The van der Waals surface area contributed by atoms with Gasteiger partial charge in [0.2, 0.25) is 4.80 Å². The third-order valence-corrected chi connectivity index (χ3v) is 5.11. The monoisotopic (exact) mass is 358 g/mol. The first-order valence-electron chi connectivity index (χ1n) is 8.40. The van der Waals surface area contributed by atoms with Crippen molar-refractivity contribution in [3.8, 4) is 0 Å². The van der Waals surface area contributed by atoms with Crippen molar-refractivity contribution in [1.29, 1.82) is 0 Å². The maximum Gasteiger partial charge on any atom is 0.211 e. The van der Waals surface area contributed by atoms with E-state index in [1.165, 1.54) is 21.3 Å². The van der Waals surface area contributed by atoms with E-state index in [0.29, 0.717) is 0 Å². The van der Waals surface area contributed by atoms with Crippen LogP contribution in [0.3, 0.4) is 0 Å². The Balaban J connectivity index is 1.78. The lowest BCUT2D eigenvalue weighted by Gasteiger charge is -2.05. The predicted octanol–water partition coefficient (Wildman–Crippen LogP) is 4.39. The lowest BCUT2D eigenvalue weighted by molar-refractivity contribution is 0.789. The molecule has 2 aromatic heterocycles. The fourth-order valence-electron chi connectivity index (χ4n) is 2.77. The Labute approximate surface area is 155 Å². The molecule has 26 heavy (non-hydrogen) atoms. The molecule has 4 aromatic rings. The number of thiazole rings is 1. The summed E-state index contributed by atoms with van der Waals surface area (Å²) in [5.74, 6) is 0. The van der Waals surface area contributed by atoms with Crippen LogP contribution in [0, 0.1) is 6.92 Å². The topological polar surface area (TPSA) is 42.5 Å². The van der Waals surface area contributed by atoms with Crippen LogP contribution in [0.2, 0.25) is 0 Å². The Morgan fingerprint density at radius 2 is 1.85 bits per heavy atom. The summed E-state index contributed by atoms with van der Waals surface area (Å²) >= 11 is 1.66. The molecule has 2 aromatic carbocycles. The van der Waals surface area contributed by atoms with Crippen LogP contribution < -0.4 is 4.80 Å². The molecule has 0 unspecified atom stereocenters. The summed E-state index contributed by atoms with van der Waals surface area (Å²) in [6.07, 6.45) is 5.25. The van der Waals surface area contributed by atoms with E-state index >= 15 is 0 Å². The van der Waals surface area contributed by atoms with Gasteiger partial charge < -0.3 is 4.57 Å². The van der Waals surface area contributed by atoms with E-state index in [4.69, 9.17) is 0 Å². The number of rotatable bonds is 4. The average molecular weight is 358 g/mol. The molecule has 0 fully saturated rings. The summed E-state index contributed by atoms with van der Waals surface area (Å²) in [6.45, 7) is 2.88. The van der Waals surface area contributed by atoms with E-state index in [9.17, 15) is 0 Å². The van der Waals surface area contributed by atoms with Gasteiger partial charge >= 0.3 is 0 Å². The number of hydrogen-bond acceptors (Lipinski definition) is 4. The van der Waals surface area contributed by atoms with E-state index in [2.05, 4.69) is 69.1 Å².